The predicted molar refractivity (Wildman–Crippen MR) is 62.8 cm³/mol. The van der Waals surface area contributed by atoms with Crippen molar-refractivity contribution in [3.63, 3.8) is 0 Å². The second-order valence-electron chi connectivity index (χ2n) is 3.60. The third-order valence-electron chi connectivity index (χ3n) is 2.36. The molecule has 0 heterocycles. The standard InChI is InChI=1S/C12H12N2O2S/c1-2-3-6-17(15,16)12-5-4-10(8-13)11(7-12)9-14/h4-5,7H,2-3,6H2,1H3. The van der Waals surface area contributed by atoms with E-state index < -0.39 is 9.84 Å². The van der Waals surface area contributed by atoms with E-state index in [1.54, 1.807) is 0 Å². The third-order valence-corrected chi connectivity index (χ3v) is 4.16. The van der Waals surface area contributed by atoms with Gasteiger partial charge in [-0.05, 0) is 24.6 Å². The zero-order valence-electron chi connectivity index (χ0n) is 9.47. The van der Waals surface area contributed by atoms with Crippen LogP contribution in [0, 0.1) is 22.7 Å². The van der Waals surface area contributed by atoms with E-state index in [-0.39, 0.29) is 21.8 Å². The second-order valence-corrected chi connectivity index (χ2v) is 5.71. The Balaban J connectivity index is 3.18. The molecule has 0 radical (unpaired) electrons. The van der Waals surface area contributed by atoms with E-state index in [0.717, 1.165) is 6.42 Å². The number of rotatable bonds is 4. The highest BCUT2D eigenvalue weighted by atomic mass is 32.2. The first-order valence-electron chi connectivity index (χ1n) is 5.22. The SMILES string of the molecule is CCCCS(=O)(=O)c1ccc(C#N)c(C#N)c1. The van der Waals surface area contributed by atoms with Crippen LogP contribution in [-0.4, -0.2) is 14.2 Å². The molecule has 0 bridgehead atoms. The Morgan fingerprint density at radius 2 is 1.82 bits per heavy atom. The Kier molecular flexibility index (Phi) is 4.25. The molecule has 88 valence electrons. The number of benzene rings is 1. The van der Waals surface area contributed by atoms with Gasteiger partial charge in [0, 0.05) is 0 Å². The fourth-order valence-corrected chi connectivity index (χ4v) is 2.84. The summed E-state index contributed by atoms with van der Waals surface area (Å²) in [6.07, 6.45) is 1.38. The van der Waals surface area contributed by atoms with Gasteiger partial charge in [0.15, 0.2) is 9.84 Å². The molecule has 0 fully saturated rings. The first kappa shape index (κ1) is 13.2. The van der Waals surface area contributed by atoms with Crippen LogP contribution in [0.15, 0.2) is 23.1 Å². The van der Waals surface area contributed by atoms with Crippen molar-refractivity contribution >= 4 is 9.84 Å². The molecule has 17 heavy (non-hydrogen) atoms. The van der Waals surface area contributed by atoms with Gasteiger partial charge in [0.25, 0.3) is 0 Å². The highest BCUT2D eigenvalue weighted by molar-refractivity contribution is 7.91. The number of nitrogens with zero attached hydrogens (tertiary/aromatic N) is 2. The van der Waals surface area contributed by atoms with Crippen molar-refractivity contribution in [2.24, 2.45) is 0 Å². The Morgan fingerprint density at radius 1 is 1.18 bits per heavy atom. The van der Waals surface area contributed by atoms with Crippen LogP contribution in [0.1, 0.15) is 30.9 Å². The van der Waals surface area contributed by atoms with E-state index in [9.17, 15) is 8.42 Å². The lowest BCUT2D eigenvalue weighted by Crippen LogP contribution is -2.07. The minimum absolute atomic E-state index is 0.0697. The number of unbranched alkanes of at least 4 members (excludes halogenated alkanes) is 1. The molecule has 5 heteroatoms. The lowest BCUT2D eigenvalue weighted by molar-refractivity contribution is 0.592. The third kappa shape index (κ3) is 3.05. The van der Waals surface area contributed by atoms with Gasteiger partial charge >= 0.3 is 0 Å². The van der Waals surface area contributed by atoms with Crippen molar-refractivity contribution < 1.29 is 8.42 Å². The molecular weight excluding hydrogens is 236 g/mol. The zero-order valence-corrected chi connectivity index (χ0v) is 10.3. The lowest BCUT2D eigenvalue weighted by atomic mass is 10.1. The van der Waals surface area contributed by atoms with Gasteiger partial charge in [0.05, 0.1) is 21.8 Å². The summed E-state index contributed by atoms with van der Waals surface area (Å²) in [6.45, 7) is 1.91. The fraction of sp³-hybridized carbons (Fsp3) is 0.333. The van der Waals surface area contributed by atoms with Crippen LogP contribution < -0.4 is 0 Å². The van der Waals surface area contributed by atoms with Crippen LogP contribution in [0.25, 0.3) is 0 Å². The molecule has 0 saturated carbocycles. The molecular formula is C12H12N2O2S. The smallest absolute Gasteiger partial charge is 0.178 e. The Hall–Kier alpha value is -1.85. The van der Waals surface area contributed by atoms with E-state index in [2.05, 4.69) is 0 Å². The first-order valence-corrected chi connectivity index (χ1v) is 6.87. The highest BCUT2D eigenvalue weighted by Gasteiger charge is 2.15. The Morgan fingerprint density at radius 3 is 2.35 bits per heavy atom. The first-order chi connectivity index (χ1) is 8.05. The van der Waals surface area contributed by atoms with Crippen molar-refractivity contribution in [2.75, 3.05) is 5.75 Å². The molecule has 0 aliphatic heterocycles. The molecule has 0 aliphatic carbocycles. The van der Waals surface area contributed by atoms with Gasteiger partial charge in [-0.1, -0.05) is 13.3 Å². The lowest BCUT2D eigenvalue weighted by Gasteiger charge is -2.04. The molecule has 4 nitrogen and oxygen atoms in total. The summed E-state index contributed by atoms with van der Waals surface area (Å²) in [4.78, 5) is 0.113. The topological polar surface area (TPSA) is 81.7 Å². The quantitative estimate of drug-likeness (QED) is 0.816. The summed E-state index contributed by atoms with van der Waals surface area (Å²) in [7, 11) is -3.34. The molecule has 0 amide bonds. The van der Waals surface area contributed by atoms with E-state index in [1.165, 1.54) is 18.2 Å². The summed E-state index contributed by atoms with van der Waals surface area (Å²) >= 11 is 0. The van der Waals surface area contributed by atoms with Crippen LogP contribution in [0.2, 0.25) is 0 Å². The minimum Gasteiger partial charge on any atom is -0.224 e. The molecule has 1 aromatic carbocycles. The van der Waals surface area contributed by atoms with Crippen molar-refractivity contribution in [1.82, 2.24) is 0 Å². The fourth-order valence-electron chi connectivity index (χ4n) is 1.36. The van der Waals surface area contributed by atoms with Gasteiger partial charge in [-0.25, -0.2) is 8.42 Å². The predicted octanol–water partition coefficient (Wildman–Crippen LogP) is 2.00. The summed E-state index contributed by atoms with van der Waals surface area (Å²) in [5.41, 5.74) is 0.298. The number of hydrogen-bond acceptors (Lipinski definition) is 4. The van der Waals surface area contributed by atoms with Crippen LogP contribution in [-0.2, 0) is 9.84 Å². The van der Waals surface area contributed by atoms with Gasteiger partial charge in [0.1, 0.15) is 12.1 Å². The monoisotopic (exact) mass is 248 g/mol. The number of hydrogen-bond donors (Lipinski definition) is 0. The molecule has 1 rings (SSSR count). The molecule has 0 aliphatic rings. The Bertz CT molecular complexity index is 592. The van der Waals surface area contributed by atoms with Gasteiger partial charge < -0.3 is 0 Å². The minimum atomic E-state index is -3.34. The maximum absolute atomic E-state index is 11.9. The molecule has 0 unspecified atom stereocenters. The molecule has 0 N–H and O–H groups in total. The van der Waals surface area contributed by atoms with E-state index in [0.29, 0.717) is 6.42 Å². The maximum Gasteiger partial charge on any atom is 0.178 e. The molecule has 0 aromatic heterocycles. The van der Waals surface area contributed by atoms with Crippen LogP contribution in [0.4, 0.5) is 0 Å². The average molecular weight is 248 g/mol. The summed E-state index contributed by atoms with van der Waals surface area (Å²) in [5, 5.41) is 17.6. The van der Waals surface area contributed by atoms with Crippen molar-refractivity contribution in [3.8, 4) is 12.1 Å². The zero-order chi connectivity index (χ0) is 12.9. The van der Waals surface area contributed by atoms with E-state index >= 15 is 0 Å². The van der Waals surface area contributed by atoms with Gasteiger partial charge in [-0.2, -0.15) is 10.5 Å². The van der Waals surface area contributed by atoms with Crippen LogP contribution in [0.5, 0.6) is 0 Å². The van der Waals surface area contributed by atoms with Crippen molar-refractivity contribution in [3.05, 3.63) is 29.3 Å². The van der Waals surface area contributed by atoms with Crippen LogP contribution >= 0.6 is 0 Å². The largest absolute Gasteiger partial charge is 0.224 e. The number of nitriles is 2. The summed E-state index contributed by atoms with van der Waals surface area (Å²) in [6, 6.07) is 7.70. The normalized spacial score (nSPS) is 10.5. The van der Waals surface area contributed by atoms with Crippen molar-refractivity contribution in [2.45, 2.75) is 24.7 Å². The van der Waals surface area contributed by atoms with Gasteiger partial charge in [-0.15, -0.1) is 0 Å². The highest BCUT2D eigenvalue weighted by Crippen LogP contribution is 2.17. The van der Waals surface area contributed by atoms with Crippen LogP contribution in [0.3, 0.4) is 0 Å². The second kappa shape index (κ2) is 5.47. The van der Waals surface area contributed by atoms with Crippen molar-refractivity contribution in [1.29, 1.82) is 10.5 Å². The summed E-state index contributed by atoms with van der Waals surface area (Å²) < 4.78 is 23.7. The molecule has 0 saturated heterocycles. The van der Waals surface area contributed by atoms with Gasteiger partial charge in [0.2, 0.25) is 0 Å². The van der Waals surface area contributed by atoms with Gasteiger partial charge in [-0.3, -0.25) is 0 Å². The Labute approximate surface area is 101 Å². The maximum atomic E-state index is 11.9. The van der Waals surface area contributed by atoms with E-state index in [4.69, 9.17) is 10.5 Å². The molecule has 1 aromatic rings. The number of sulfone groups is 1. The molecule has 0 spiro atoms. The van der Waals surface area contributed by atoms with E-state index in [1.807, 2.05) is 19.1 Å². The molecule has 0 atom stereocenters. The average Bonchev–Trinajstić information content (AvgIpc) is 2.35. The summed E-state index contributed by atoms with van der Waals surface area (Å²) in [5.74, 6) is 0.0697.